The van der Waals surface area contributed by atoms with Crippen LogP contribution < -0.4 is 5.56 Å². The van der Waals surface area contributed by atoms with E-state index in [4.69, 9.17) is 4.74 Å². The zero-order chi connectivity index (χ0) is 21.3. The summed E-state index contributed by atoms with van der Waals surface area (Å²) in [6.45, 7) is 10.3. The van der Waals surface area contributed by atoms with E-state index in [1.807, 2.05) is 38.3 Å². The van der Waals surface area contributed by atoms with E-state index in [-0.39, 0.29) is 23.5 Å². The van der Waals surface area contributed by atoms with E-state index in [1.54, 1.807) is 29.7 Å². The number of nitrogens with zero attached hydrogens (tertiary/aromatic N) is 3. The molecule has 3 aromatic rings. The average Bonchev–Trinajstić information content (AvgIpc) is 3.00. The first-order valence-electron chi connectivity index (χ1n) is 9.66. The Kier molecular flexibility index (Phi) is 5.68. The topological polar surface area (TPSA) is 83.2 Å². The fourth-order valence-electron chi connectivity index (χ4n) is 3.68. The molecular formula is C22H25N3O4. The maximum atomic E-state index is 12.5. The summed E-state index contributed by atoms with van der Waals surface area (Å²) in [7, 11) is 0. The highest BCUT2D eigenvalue weighted by atomic mass is 16.5. The van der Waals surface area contributed by atoms with Gasteiger partial charge in [0.25, 0.3) is 5.56 Å². The summed E-state index contributed by atoms with van der Waals surface area (Å²) in [5.74, 6) is -0.834. The Morgan fingerprint density at radius 1 is 1.03 bits per heavy atom. The van der Waals surface area contributed by atoms with Crippen LogP contribution in [0, 0.1) is 20.8 Å². The zero-order valence-electron chi connectivity index (χ0n) is 17.4. The Labute approximate surface area is 168 Å². The molecule has 152 valence electrons. The third-order valence-electron chi connectivity index (χ3n) is 5.19. The van der Waals surface area contributed by atoms with E-state index in [0.29, 0.717) is 28.8 Å². The number of hydrogen-bond acceptors (Lipinski definition) is 5. The normalized spacial score (nSPS) is 11.1. The second-order valence-corrected chi connectivity index (χ2v) is 6.98. The summed E-state index contributed by atoms with van der Waals surface area (Å²) in [4.78, 5) is 41.5. The molecule has 1 aromatic carbocycles. The van der Waals surface area contributed by atoms with Crippen LogP contribution in [-0.4, -0.2) is 32.5 Å². The summed E-state index contributed by atoms with van der Waals surface area (Å²) < 4.78 is 8.90. The number of hydrogen-bond donors (Lipinski definition) is 0. The van der Waals surface area contributed by atoms with Crippen LogP contribution in [-0.2, 0) is 17.8 Å². The molecule has 2 heterocycles. The van der Waals surface area contributed by atoms with Crippen molar-refractivity contribution in [2.75, 3.05) is 6.61 Å². The molecule has 0 N–H and O–H groups in total. The number of carbonyl (C=O) groups excluding carboxylic acids is 2. The van der Waals surface area contributed by atoms with Gasteiger partial charge in [0.15, 0.2) is 6.61 Å². The van der Waals surface area contributed by atoms with Gasteiger partial charge >= 0.3 is 5.97 Å². The first kappa shape index (κ1) is 20.5. The van der Waals surface area contributed by atoms with Gasteiger partial charge in [-0.25, -0.2) is 9.78 Å². The fraction of sp³-hybridized carbons (Fsp3) is 0.364. The Hall–Kier alpha value is -3.22. The molecule has 0 aliphatic carbocycles. The number of ether oxygens (including phenoxy) is 1. The van der Waals surface area contributed by atoms with E-state index in [1.165, 1.54) is 0 Å². The molecule has 3 rings (SSSR count). The van der Waals surface area contributed by atoms with Crippen molar-refractivity contribution in [3.63, 3.8) is 0 Å². The highest BCUT2D eigenvalue weighted by molar-refractivity contribution is 6.01. The van der Waals surface area contributed by atoms with Crippen molar-refractivity contribution in [1.29, 1.82) is 0 Å². The predicted molar refractivity (Wildman–Crippen MR) is 111 cm³/mol. The summed E-state index contributed by atoms with van der Waals surface area (Å²) in [6.07, 6.45) is 0. The molecule has 0 saturated carbocycles. The van der Waals surface area contributed by atoms with Gasteiger partial charge in [0.05, 0.1) is 16.6 Å². The standard InChI is InChI=1S/C22H25N3O4/c1-6-24-13(3)10-17(15(24)5)20(26)12-29-22(28)16-8-9-19-18(11-16)23-14(4)21(27)25(19)7-2/h8-11H,6-7,12H2,1-5H3. The highest BCUT2D eigenvalue weighted by Gasteiger charge is 2.18. The summed E-state index contributed by atoms with van der Waals surface area (Å²) in [5.41, 5.74) is 4.14. The molecule has 0 unspecified atom stereocenters. The van der Waals surface area contributed by atoms with Crippen molar-refractivity contribution >= 4 is 22.8 Å². The largest absolute Gasteiger partial charge is 0.454 e. The van der Waals surface area contributed by atoms with Gasteiger partial charge < -0.3 is 13.9 Å². The van der Waals surface area contributed by atoms with Crippen LogP contribution in [0.3, 0.4) is 0 Å². The summed E-state index contributed by atoms with van der Waals surface area (Å²) in [6, 6.07) is 6.67. The monoisotopic (exact) mass is 395 g/mol. The van der Waals surface area contributed by atoms with Gasteiger partial charge in [-0.05, 0) is 58.9 Å². The zero-order valence-corrected chi connectivity index (χ0v) is 17.4. The predicted octanol–water partition coefficient (Wildman–Crippen LogP) is 3.20. The number of benzene rings is 1. The fourth-order valence-corrected chi connectivity index (χ4v) is 3.68. The Morgan fingerprint density at radius 2 is 1.72 bits per heavy atom. The third kappa shape index (κ3) is 3.72. The smallest absolute Gasteiger partial charge is 0.338 e. The van der Waals surface area contributed by atoms with E-state index in [0.717, 1.165) is 17.9 Å². The summed E-state index contributed by atoms with van der Waals surface area (Å²) >= 11 is 0. The van der Waals surface area contributed by atoms with Gasteiger partial charge in [-0.3, -0.25) is 9.59 Å². The number of rotatable bonds is 6. The lowest BCUT2D eigenvalue weighted by molar-refractivity contribution is 0.0474. The van der Waals surface area contributed by atoms with Gasteiger partial charge in [-0.2, -0.15) is 0 Å². The van der Waals surface area contributed by atoms with Crippen LogP contribution in [0.2, 0.25) is 0 Å². The van der Waals surface area contributed by atoms with Crippen molar-refractivity contribution in [3.8, 4) is 0 Å². The van der Waals surface area contributed by atoms with Crippen LogP contribution in [0.1, 0.15) is 51.6 Å². The molecule has 0 fully saturated rings. The number of aryl methyl sites for hydroxylation is 3. The first-order valence-corrected chi connectivity index (χ1v) is 9.66. The minimum absolute atomic E-state index is 0.148. The molecule has 0 radical (unpaired) electrons. The van der Waals surface area contributed by atoms with Crippen LogP contribution in [0.4, 0.5) is 0 Å². The van der Waals surface area contributed by atoms with Gasteiger partial charge in [-0.15, -0.1) is 0 Å². The lowest BCUT2D eigenvalue weighted by Gasteiger charge is -2.10. The number of ketones is 1. The van der Waals surface area contributed by atoms with Gasteiger partial charge in [0, 0.05) is 30.0 Å². The molecule has 0 atom stereocenters. The van der Waals surface area contributed by atoms with Crippen molar-refractivity contribution in [3.05, 3.63) is 62.8 Å². The van der Waals surface area contributed by atoms with Crippen LogP contribution >= 0.6 is 0 Å². The minimum atomic E-state index is -0.599. The van der Waals surface area contributed by atoms with Crippen molar-refractivity contribution < 1.29 is 14.3 Å². The number of fused-ring (bicyclic) bond motifs is 1. The summed E-state index contributed by atoms with van der Waals surface area (Å²) in [5, 5.41) is 0. The van der Waals surface area contributed by atoms with Crippen molar-refractivity contribution in [1.82, 2.24) is 14.1 Å². The number of carbonyl (C=O) groups is 2. The van der Waals surface area contributed by atoms with Gasteiger partial charge in [-0.1, -0.05) is 0 Å². The molecule has 29 heavy (non-hydrogen) atoms. The van der Waals surface area contributed by atoms with Crippen molar-refractivity contribution in [2.45, 2.75) is 47.7 Å². The third-order valence-corrected chi connectivity index (χ3v) is 5.19. The molecule has 0 bridgehead atoms. The van der Waals surface area contributed by atoms with Crippen LogP contribution in [0.5, 0.6) is 0 Å². The number of aromatic nitrogens is 3. The molecule has 2 aromatic heterocycles. The Morgan fingerprint density at radius 3 is 2.34 bits per heavy atom. The van der Waals surface area contributed by atoms with Gasteiger partial charge in [0.2, 0.25) is 5.78 Å². The van der Waals surface area contributed by atoms with Crippen LogP contribution in [0.15, 0.2) is 29.1 Å². The lowest BCUT2D eigenvalue weighted by atomic mass is 10.1. The second kappa shape index (κ2) is 8.03. The molecular weight excluding hydrogens is 370 g/mol. The quantitative estimate of drug-likeness (QED) is 0.473. The number of esters is 1. The Bertz CT molecular complexity index is 1170. The SMILES string of the molecule is CCn1c(C)cc(C(=O)COC(=O)c2ccc3c(c2)nc(C)c(=O)n3CC)c1C. The van der Waals surface area contributed by atoms with E-state index in [2.05, 4.69) is 4.98 Å². The average molecular weight is 395 g/mol. The maximum Gasteiger partial charge on any atom is 0.338 e. The minimum Gasteiger partial charge on any atom is -0.454 e. The first-order chi connectivity index (χ1) is 13.8. The Balaban J connectivity index is 1.81. The van der Waals surface area contributed by atoms with E-state index in [9.17, 15) is 14.4 Å². The van der Waals surface area contributed by atoms with Crippen molar-refractivity contribution in [2.24, 2.45) is 0 Å². The molecule has 0 spiro atoms. The highest BCUT2D eigenvalue weighted by Crippen LogP contribution is 2.17. The molecule has 7 heteroatoms. The molecule has 0 aliphatic heterocycles. The van der Waals surface area contributed by atoms with Crippen LogP contribution in [0.25, 0.3) is 11.0 Å². The number of Topliss-reactive ketones (excluding diaryl/α,β-unsaturated/α-hetero) is 1. The second-order valence-electron chi connectivity index (χ2n) is 6.98. The molecule has 0 saturated heterocycles. The van der Waals surface area contributed by atoms with E-state index >= 15 is 0 Å². The van der Waals surface area contributed by atoms with Gasteiger partial charge in [0.1, 0.15) is 5.69 Å². The van der Waals surface area contributed by atoms with E-state index < -0.39 is 5.97 Å². The molecule has 0 amide bonds. The maximum absolute atomic E-state index is 12.5. The molecule has 7 nitrogen and oxygen atoms in total. The molecule has 0 aliphatic rings. The lowest BCUT2D eigenvalue weighted by Crippen LogP contribution is -2.23.